The minimum absolute atomic E-state index is 0.0379. The maximum absolute atomic E-state index is 5.51. The van der Waals surface area contributed by atoms with Crippen LogP contribution in [-0.2, 0) is 9.47 Å². The molecule has 16 heavy (non-hydrogen) atoms. The quantitative estimate of drug-likeness (QED) is 0.617. The Labute approximate surface area is 99.9 Å². The van der Waals surface area contributed by atoms with E-state index < -0.39 is 0 Å². The van der Waals surface area contributed by atoms with Crippen molar-refractivity contribution < 1.29 is 9.47 Å². The van der Waals surface area contributed by atoms with Gasteiger partial charge in [-0.1, -0.05) is 33.1 Å². The first kappa shape index (κ1) is 13.9. The van der Waals surface area contributed by atoms with Crippen molar-refractivity contribution in [2.24, 2.45) is 0 Å². The predicted octanol–water partition coefficient (Wildman–Crippen LogP) is 2.70. The highest BCUT2D eigenvalue weighted by Crippen LogP contribution is 2.14. The molecule has 1 atom stereocenters. The van der Waals surface area contributed by atoms with Crippen LogP contribution in [0.15, 0.2) is 0 Å². The van der Waals surface area contributed by atoms with E-state index in [1.54, 1.807) is 0 Å². The van der Waals surface area contributed by atoms with Crippen molar-refractivity contribution in [2.75, 3.05) is 19.8 Å². The average molecular weight is 229 g/mol. The molecule has 1 aliphatic rings. The summed E-state index contributed by atoms with van der Waals surface area (Å²) >= 11 is 0. The molecule has 1 unspecified atom stereocenters. The third-order valence-corrected chi connectivity index (χ3v) is 3.01. The van der Waals surface area contributed by atoms with E-state index >= 15 is 0 Å². The summed E-state index contributed by atoms with van der Waals surface area (Å²) in [6, 6.07) is 0.564. The Kier molecular flexibility index (Phi) is 7.81. The Bertz CT molecular complexity index is 158. The molecule has 0 aromatic carbocycles. The van der Waals surface area contributed by atoms with Crippen LogP contribution in [0.4, 0.5) is 0 Å². The van der Waals surface area contributed by atoms with Crippen LogP contribution in [0, 0.1) is 0 Å². The Balaban J connectivity index is 2.18. The summed E-state index contributed by atoms with van der Waals surface area (Å²) < 4.78 is 11.0. The summed E-state index contributed by atoms with van der Waals surface area (Å²) in [6.45, 7) is 7.08. The normalized spacial score (nSPS) is 19.1. The lowest BCUT2D eigenvalue weighted by Gasteiger charge is -2.21. The second-order valence-electron chi connectivity index (χ2n) is 4.55. The minimum Gasteiger partial charge on any atom is -0.350 e. The molecule has 3 heteroatoms. The van der Waals surface area contributed by atoms with E-state index in [1.807, 2.05) is 0 Å². The third-order valence-electron chi connectivity index (χ3n) is 3.01. The number of hydrogen-bond acceptors (Lipinski definition) is 3. The lowest BCUT2D eigenvalue weighted by Crippen LogP contribution is -2.33. The molecule has 0 spiro atoms. The van der Waals surface area contributed by atoms with Gasteiger partial charge in [-0.2, -0.15) is 0 Å². The lowest BCUT2D eigenvalue weighted by atomic mass is 10.1. The van der Waals surface area contributed by atoms with Gasteiger partial charge in [-0.3, -0.25) is 0 Å². The summed E-state index contributed by atoms with van der Waals surface area (Å²) in [5.41, 5.74) is 0. The molecule has 0 aromatic heterocycles. The monoisotopic (exact) mass is 229 g/mol. The highest BCUT2D eigenvalue weighted by molar-refractivity contribution is 4.70. The molecule has 0 radical (unpaired) electrons. The number of ether oxygens (including phenoxy) is 2. The largest absolute Gasteiger partial charge is 0.350 e. The van der Waals surface area contributed by atoms with Crippen molar-refractivity contribution >= 4 is 0 Å². The molecule has 0 saturated carbocycles. The van der Waals surface area contributed by atoms with E-state index in [0.29, 0.717) is 6.04 Å². The minimum atomic E-state index is 0.0379. The van der Waals surface area contributed by atoms with Crippen LogP contribution in [0.3, 0.4) is 0 Å². The third kappa shape index (κ3) is 5.83. The predicted molar refractivity (Wildman–Crippen MR) is 66.5 cm³/mol. The molecule has 1 fully saturated rings. The molecule has 1 N–H and O–H groups in total. The first-order chi connectivity index (χ1) is 7.86. The lowest BCUT2D eigenvalue weighted by molar-refractivity contribution is -0.0532. The van der Waals surface area contributed by atoms with Crippen LogP contribution in [0.2, 0.25) is 0 Å². The van der Waals surface area contributed by atoms with E-state index in [4.69, 9.17) is 9.47 Å². The topological polar surface area (TPSA) is 30.5 Å². The van der Waals surface area contributed by atoms with Crippen molar-refractivity contribution in [3.63, 3.8) is 0 Å². The molecule has 0 aliphatic carbocycles. The van der Waals surface area contributed by atoms with Gasteiger partial charge in [0.05, 0.1) is 13.2 Å². The fraction of sp³-hybridized carbons (Fsp3) is 1.00. The fourth-order valence-corrected chi connectivity index (χ4v) is 2.07. The molecule has 1 saturated heterocycles. The van der Waals surface area contributed by atoms with Gasteiger partial charge in [-0.25, -0.2) is 0 Å². The van der Waals surface area contributed by atoms with Gasteiger partial charge < -0.3 is 14.8 Å². The first-order valence-corrected chi connectivity index (χ1v) is 6.83. The van der Waals surface area contributed by atoms with Crippen LogP contribution in [0.1, 0.15) is 52.4 Å². The Morgan fingerprint density at radius 1 is 1.12 bits per heavy atom. The molecule has 0 aromatic rings. The van der Waals surface area contributed by atoms with E-state index in [-0.39, 0.29) is 6.29 Å². The van der Waals surface area contributed by atoms with Gasteiger partial charge in [0.1, 0.15) is 0 Å². The van der Waals surface area contributed by atoms with E-state index in [0.717, 1.165) is 26.2 Å². The van der Waals surface area contributed by atoms with E-state index in [2.05, 4.69) is 19.2 Å². The summed E-state index contributed by atoms with van der Waals surface area (Å²) in [5, 5.41) is 3.60. The van der Waals surface area contributed by atoms with Crippen LogP contribution in [0.25, 0.3) is 0 Å². The number of nitrogens with one attached hydrogen (secondary N) is 1. The maximum atomic E-state index is 5.51. The number of hydrogen-bond donors (Lipinski definition) is 1. The zero-order valence-corrected chi connectivity index (χ0v) is 10.8. The maximum Gasteiger partial charge on any atom is 0.159 e. The van der Waals surface area contributed by atoms with Gasteiger partial charge in [0, 0.05) is 12.5 Å². The zero-order chi connectivity index (χ0) is 11.6. The van der Waals surface area contributed by atoms with Gasteiger partial charge in [-0.15, -0.1) is 0 Å². The van der Waals surface area contributed by atoms with Crippen LogP contribution >= 0.6 is 0 Å². The van der Waals surface area contributed by atoms with Crippen molar-refractivity contribution in [3.05, 3.63) is 0 Å². The van der Waals surface area contributed by atoms with Gasteiger partial charge in [-0.05, 0) is 19.4 Å². The first-order valence-electron chi connectivity index (χ1n) is 6.83. The molecule has 1 heterocycles. The van der Waals surface area contributed by atoms with E-state index in [9.17, 15) is 0 Å². The Morgan fingerprint density at radius 2 is 1.88 bits per heavy atom. The van der Waals surface area contributed by atoms with Gasteiger partial charge in [0.25, 0.3) is 0 Å². The van der Waals surface area contributed by atoms with Crippen molar-refractivity contribution in [1.82, 2.24) is 5.32 Å². The van der Waals surface area contributed by atoms with Crippen molar-refractivity contribution in [3.8, 4) is 0 Å². The molecule has 3 nitrogen and oxygen atoms in total. The summed E-state index contributed by atoms with van der Waals surface area (Å²) in [7, 11) is 0. The molecular weight excluding hydrogens is 202 g/mol. The number of rotatable bonds is 9. The SMILES string of the molecule is CCCCCC(CC1OCCO1)NCCC. The van der Waals surface area contributed by atoms with Crippen molar-refractivity contribution in [2.45, 2.75) is 64.7 Å². The molecule has 96 valence electrons. The van der Waals surface area contributed by atoms with Gasteiger partial charge in [0.2, 0.25) is 0 Å². The van der Waals surface area contributed by atoms with Gasteiger partial charge in [0.15, 0.2) is 6.29 Å². The molecule has 0 amide bonds. The number of unbranched alkanes of at least 4 members (excludes halogenated alkanes) is 2. The average Bonchev–Trinajstić information content (AvgIpc) is 2.78. The summed E-state index contributed by atoms with van der Waals surface area (Å²) in [5.74, 6) is 0. The molecule has 0 bridgehead atoms. The second-order valence-corrected chi connectivity index (χ2v) is 4.55. The molecule has 1 aliphatic heterocycles. The standard InChI is InChI=1S/C13H27NO2/c1-3-5-6-7-12(14-8-4-2)11-13-15-9-10-16-13/h12-14H,3-11H2,1-2H3. The van der Waals surface area contributed by atoms with Crippen LogP contribution < -0.4 is 5.32 Å². The van der Waals surface area contributed by atoms with E-state index in [1.165, 1.54) is 32.1 Å². The van der Waals surface area contributed by atoms with Crippen LogP contribution in [0.5, 0.6) is 0 Å². The van der Waals surface area contributed by atoms with Gasteiger partial charge >= 0.3 is 0 Å². The Morgan fingerprint density at radius 3 is 2.50 bits per heavy atom. The Hall–Kier alpha value is -0.120. The smallest absolute Gasteiger partial charge is 0.159 e. The molecular formula is C13H27NO2. The fourth-order valence-electron chi connectivity index (χ4n) is 2.07. The van der Waals surface area contributed by atoms with Crippen LogP contribution in [-0.4, -0.2) is 32.1 Å². The highest BCUT2D eigenvalue weighted by atomic mass is 16.7. The summed E-state index contributed by atoms with van der Waals surface area (Å²) in [4.78, 5) is 0. The summed E-state index contributed by atoms with van der Waals surface area (Å²) in [6.07, 6.45) is 7.41. The highest BCUT2D eigenvalue weighted by Gasteiger charge is 2.20. The van der Waals surface area contributed by atoms with Crippen molar-refractivity contribution in [1.29, 1.82) is 0 Å². The second kappa shape index (κ2) is 8.97. The molecule has 1 rings (SSSR count). The zero-order valence-electron chi connectivity index (χ0n) is 10.8.